The van der Waals surface area contributed by atoms with Gasteiger partial charge in [0.15, 0.2) is 0 Å². The van der Waals surface area contributed by atoms with Crippen molar-refractivity contribution in [3.8, 4) is 5.88 Å². The van der Waals surface area contributed by atoms with E-state index in [1.165, 1.54) is 11.1 Å². The summed E-state index contributed by atoms with van der Waals surface area (Å²) in [7, 11) is 4.09. The van der Waals surface area contributed by atoms with Crippen LogP contribution in [0.5, 0.6) is 5.88 Å². The molecule has 0 atom stereocenters. The third-order valence-electron chi connectivity index (χ3n) is 3.07. The first-order valence-electron chi connectivity index (χ1n) is 7.35. The first-order valence-corrected chi connectivity index (χ1v) is 7.35. The van der Waals surface area contributed by atoms with Crippen molar-refractivity contribution in [2.75, 3.05) is 33.8 Å². The van der Waals surface area contributed by atoms with Crippen molar-refractivity contribution in [3.05, 3.63) is 22.9 Å². The summed E-state index contributed by atoms with van der Waals surface area (Å²) in [5.74, 6) is 1.42. The lowest BCUT2D eigenvalue weighted by Crippen LogP contribution is -2.22. The van der Waals surface area contributed by atoms with E-state index in [-0.39, 0.29) is 0 Å². The topological polar surface area (TPSA) is 37.4 Å². The second-order valence-electron chi connectivity index (χ2n) is 6.04. The predicted molar refractivity (Wildman–Crippen MR) is 84.3 cm³/mol. The van der Waals surface area contributed by atoms with Gasteiger partial charge in [0, 0.05) is 24.3 Å². The molecule has 1 rings (SSSR count). The summed E-state index contributed by atoms with van der Waals surface area (Å²) >= 11 is 0. The van der Waals surface area contributed by atoms with Crippen LogP contribution >= 0.6 is 0 Å². The number of hydrogen-bond acceptors (Lipinski definition) is 4. The van der Waals surface area contributed by atoms with Crippen LogP contribution in [0.4, 0.5) is 0 Å². The maximum Gasteiger partial charge on any atom is 0.218 e. The van der Waals surface area contributed by atoms with Crippen molar-refractivity contribution in [1.82, 2.24) is 15.2 Å². The highest BCUT2D eigenvalue weighted by molar-refractivity contribution is 5.35. The van der Waals surface area contributed by atoms with E-state index in [1.807, 2.05) is 21.0 Å². The van der Waals surface area contributed by atoms with Crippen LogP contribution in [0.2, 0.25) is 0 Å². The highest BCUT2D eigenvalue weighted by Crippen LogP contribution is 2.21. The van der Waals surface area contributed by atoms with Crippen LogP contribution in [-0.2, 0) is 6.54 Å². The number of nitrogens with zero attached hydrogens (tertiary/aromatic N) is 2. The number of aromatic nitrogens is 1. The zero-order chi connectivity index (χ0) is 15.1. The Kier molecular flexibility index (Phi) is 6.96. The van der Waals surface area contributed by atoms with E-state index in [0.29, 0.717) is 12.5 Å². The van der Waals surface area contributed by atoms with Crippen molar-refractivity contribution in [2.45, 2.75) is 34.2 Å². The average molecular weight is 279 g/mol. The van der Waals surface area contributed by atoms with E-state index in [1.54, 1.807) is 0 Å². The summed E-state index contributed by atoms with van der Waals surface area (Å²) in [5, 5.41) is 3.47. The Hall–Kier alpha value is -1.13. The van der Waals surface area contributed by atoms with E-state index in [9.17, 15) is 0 Å². The SMILES string of the molecule is Cc1cc(C)c(CNCC(C)C)c(OCCN(C)C)n1. The summed E-state index contributed by atoms with van der Waals surface area (Å²) in [6.07, 6.45) is 0. The molecule has 0 saturated heterocycles. The van der Waals surface area contributed by atoms with E-state index in [2.05, 4.69) is 42.0 Å². The lowest BCUT2D eigenvalue weighted by Gasteiger charge is -2.16. The smallest absolute Gasteiger partial charge is 0.218 e. The van der Waals surface area contributed by atoms with Gasteiger partial charge in [-0.25, -0.2) is 4.98 Å². The van der Waals surface area contributed by atoms with Gasteiger partial charge in [0.25, 0.3) is 0 Å². The van der Waals surface area contributed by atoms with E-state index >= 15 is 0 Å². The predicted octanol–water partition coefficient (Wildman–Crippen LogP) is 2.38. The van der Waals surface area contributed by atoms with Gasteiger partial charge in [0.2, 0.25) is 5.88 Å². The lowest BCUT2D eigenvalue weighted by molar-refractivity contribution is 0.250. The van der Waals surface area contributed by atoms with Gasteiger partial charge in [-0.1, -0.05) is 13.8 Å². The average Bonchev–Trinajstić information content (AvgIpc) is 2.31. The number of likely N-dealkylation sites (N-methyl/N-ethyl adjacent to an activating group) is 1. The number of ether oxygens (including phenoxy) is 1. The van der Waals surface area contributed by atoms with Gasteiger partial charge in [-0.05, 0) is 52.0 Å². The number of pyridine rings is 1. The van der Waals surface area contributed by atoms with Crippen LogP contribution in [0.1, 0.15) is 30.7 Å². The molecule has 0 aromatic carbocycles. The van der Waals surface area contributed by atoms with Crippen LogP contribution < -0.4 is 10.1 Å². The largest absolute Gasteiger partial charge is 0.476 e. The second-order valence-corrected chi connectivity index (χ2v) is 6.04. The number of nitrogens with one attached hydrogen (secondary N) is 1. The second kappa shape index (κ2) is 8.22. The molecule has 0 radical (unpaired) electrons. The fourth-order valence-corrected chi connectivity index (χ4v) is 1.97. The van der Waals surface area contributed by atoms with Gasteiger partial charge >= 0.3 is 0 Å². The van der Waals surface area contributed by atoms with E-state index in [4.69, 9.17) is 4.74 Å². The van der Waals surface area contributed by atoms with Crippen molar-refractivity contribution < 1.29 is 4.74 Å². The van der Waals surface area contributed by atoms with Gasteiger partial charge in [0.1, 0.15) is 6.61 Å². The highest BCUT2D eigenvalue weighted by Gasteiger charge is 2.10. The van der Waals surface area contributed by atoms with E-state index < -0.39 is 0 Å². The molecule has 0 aliphatic rings. The van der Waals surface area contributed by atoms with Crippen LogP contribution in [0.3, 0.4) is 0 Å². The Bertz CT molecular complexity index is 416. The van der Waals surface area contributed by atoms with Crippen LogP contribution in [0.15, 0.2) is 6.07 Å². The van der Waals surface area contributed by atoms with Crippen molar-refractivity contribution in [2.24, 2.45) is 5.92 Å². The maximum absolute atomic E-state index is 5.87. The molecule has 0 aliphatic heterocycles. The molecule has 1 aromatic rings. The molecule has 0 saturated carbocycles. The van der Waals surface area contributed by atoms with Crippen molar-refractivity contribution in [1.29, 1.82) is 0 Å². The number of rotatable bonds is 8. The minimum absolute atomic E-state index is 0.645. The Morgan fingerprint density at radius 3 is 2.60 bits per heavy atom. The Morgan fingerprint density at radius 2 is 2.00 bits per heavy atom. The van der Waals surface area contributed by atoms with Crippen molar-refractivity contribution in [3.63, 3.8) is 0 Å². The molecule has 0 amide bonds. The summed E-state index contributed by atoms with van der Waals surface area (Å²) in [6, 6.07) is 2.12. The van der Waals surface area contributed by atoms with E-state index in [0.717, 1.165) is 31.2 Å². The highest BCUT2D eigenvalue weighted by atomic mass is 16.5. The molecule has 20 heavy (non-hydrogen) atoms. The summed E-state index contributed by atoms with van der Waals surface area (Å²) in [4.78, 5) is 6.66. The first kappa shape index (κ1) is 16.9. The summed E-state index contributed by atoms with van der Waals surface area (Å²) < 4.78 is 5.87. The van der Waals surface area contributed by atoms with Crippen molar-refractivity contribution >= 4 is 0 Å². The molecule has 0 unspecified atom stereocenters. The van der Waals surface area contributed by atoms with Gasteiger partial charge in [0.05, 0.1) is 0 Å². The quantitative estimate of drug-likeness (QED) is 0.793. The molecule has 0 fully saturated rings. The van der Waals surface area contributed by atoms with Gasteiger partial charge < -0.3 is 15.0 Å². The zero-order valence-corrected chi connectivity index (χ0v) is 13.8. The first-order chi connectivity index (χ1) is 9.40. The molecule has 0 spiro atoms. The summed E-state index contributed by atoms with van der Waals surface area (Å²) in [5.41, 5.74) is 3.43. The molecule has 0 aliphatic carbocycles. The molecule has 1 heterocycles. The molecule has 4 nitrogen and oxygen atoms in total. The fourth-order valence-electron chi connectivity index (χ4n) is 1.97. The van der Waals surface area contributed by atoms with Gasteiger partial charge in [-0.15, -0.1) is 0 Å². The number of aryl methyl sites for hydroxylation is 2. The van der Waals surface area contributed by atoms with Crippen LogP contribution in [0.25, 0.3) is 0 Å². The van der Waals surface area contributed by atoms with Crippen LogP contribution in [-0.4, -0.2) is 43.7 Å². The third kappa shape index (κ3) is 5.88. The van der Waals surface area contributed by atoms with Gasteiger partial charge in [-0.2, -0.15) is 0 Å². The third-order valence-corrected chi connectivity index (χ3v) is 3.07. The Morgan fingerprint density at radius 1 is 1.30 bits per heavy atom. The van der Waals surface area contributed by atoms with Crippen LogP contribution in [0, 0.1) is 19.8 Å². The standard InChI is InChI=1S/C16H29N3O/c1-12(2)10-17-11-15-13(3)9-14(4)18-16(15)20-8-7-19(5)6/h9,12,17H,7-8,10-11H2,1-6H3. The molecule has 4 heteroatoms. The number of hydrogen-bond donors (Lipinski definition) is 1. The Balaban J connectivity index is 2.73. The Labute approximate surface area is 123 Å². The molecule has 0 bridgehead atoms. The normalized spacial score (nSPS) is 11.4. The zero-order valence-electron chi connectivity index (χ0n) is 13.8. The maximum atomic E-state index is 5.87. The summed E-state index contributed by atoms with van der Waals surface area (Å²) in [6.45, 7) is 11.9. The minimum Gasteiger partial charge on any atom is -0.476 e. The monoisotopic (exact) mass is 279 g/mol. The molecular weight excluding hydrogens is 250 g/mol. The van der Waals surface area contributed by atoms with Gasteiger partial charge in [-0.3, -0.25) is 0 Å². The minimum atomic E-state index is 0.645. The molecule has 1 N–H and O–H groups in total. The molecule has 114 valence electrons. The molecule has 1 aromatic heterocycles. The fraction of sp³-hybridized carbons (Fsp3) is 0.688. The molecular formula is C16H29N3O. The lowest BCUT2D eigenvalue weighted by atomic mass is 10.1.